The molecule has 0 aliphatic carbocycles. The first-order valence-electron chi connectivity index (χ1n) is 5.28. The lowest BCUT2D eigenvalue weighted by atomic mass is 9.79. The Hall–Kier alpha value is -4.42. The van der Waals surface area contributed by atoms with Crippen LogP contribution in [-0.2, 0) is 0 Å². The van der Waals surface area contributed by atoms with Crippen molar-refractivity contribution in [3.63, 3.8) is 0 Å². The lowest BCUT2D eigenvalue weighted by molar-refractivity contribution is 0.657. The Morgan fingerprint density at radius 3 is 1.50 bits per heavy atom. The van der Waals surface area contributed by atoms with Crippen LogP contribution in [0.5, 0.6) is 0 Å². The van der Waals surface area contributed by atoms with Crippen molar-refractivity contribution >= 4 is 11.7 Å². The summed E-state index contributed by atoms with van der Waals surface area (Å²) in [5.41, 5.74) is -2.61. The van der Waals surface area contributed by atoms with Gasteiger partial charge >= 0.3 is 0 Å². The van der Waals surface area contributed by atoms with Crippen LogP contribution in [0.25, 0.3) is 10.8 Å². The van der Waals surface area contributed by atoms with E-state index in [1.165, 1.54) is 36.0 Å². The zero-order valence-corrected chi connectivity index (χ0v) is 10.7. The van der Waals surface area contributed by atoms with Crippen molar-refractivity contribution in [1.82, 2.24) is 0 Å². The average Bonchev–Trinajstić information content (AvgIpc) is 2.56. The van der Waals surface area contributed by atoms with Gasteiger partial charge in [0.1, 0.15) is 35.8 Å². The van der Waals surface area contributed by atoms with Gasteiger partial charge in [-0.05, 0) is 0 Å². The number of allylic oxidation sites excluding steroid dienone is 4. The van der Waals surface area contributed by atoms with E-state index in [1.807, 2.05) is 0 Å². The Labute approximate surface area is 125 Å². The van der Waals surface area contributed by atoms with E-state index in [0.717, 1.165) is 0 Å². The summed E-state index contributed by atoms with van der Waals surface area (Å²) >= 11 is 0. The fourth-order valence-corrected chi connectivity index (χ4v) is 1.50. The highest BCUT2D eigenvalue weighted by Crippen LogP contribution is 2.31. The highest BCUT2D eigenvalue weighted by molar-refractivity contribution is 5.77. The number of nitriles is 6. The van der Waals surface area contributed by atoms with Crippen LogP contribution in [0.3, 0.4) is 0 Å². The minimum atomic E-state index is -1.65. The van der Waals surface area contributed by atoms with E-state index in [1.54, 1.807) is 12.1 Å². The summed E-state index contributed by atoms with van der Waals surface area (Å²) in [6.07, 6.45) is 0. The van der Waals surface area contributed by atoms with Crippen molar-refractivity contribution in [2.75, 3.05) is 0 Å². The number of rotatable bonds is 4. The van der Waals surface area contributed by atoms with E-state index in [-0.39, 0.29) is 0 Å². The molecule has 8 nitrogen and oxygen atoms in total. The standard InChI is InChI=1S/C14H2N8/c15-1-9(2-16)12(7-21)13(8-22)14(10(3-17)4-18)11(5-19)6-20/h12-13H/q-2. The second-order valence-corrected chi connectivity index (χ2v) is 3.46. The third kappa shape index (κ3) is 3.32. The summed E-state index contributed by atoms with van der Waals surface area (Å²) in [4.78, 5) is 0. The van der Waals surface area contributed by atoms with Crippen LogP contribution in [0.1, 0.15) is 0 Å². The van der Waals surface area contributed by atoms with Gasteiger partial charge < -0.3 is 10.8 Å². The van der Waals surface area contributed by atoms with Crippen LogP contribution in [0.2, 0.25) is 0 Å². The lowest BCUT2D eigenvalue weighted by Crippen LogP contribution is -2.19. The highest BCUT2D eigenvalue weighted by atomic mass is 14.4. The SMILES string of the molecule is N#CC(=C=[N-])C(=C(C#N)C#N)C(C#N)C(C#N)C(=C=[N-])C#N. The molecule has 0 radical (unpaired) electrons. The molecule has 0 aliphatic heterocycles. The first-order valence-corrected chi connectivity index (χ1v) is 5.28. The van der Waals surface area contributed by atoms with Gasteiger partial charge in [0.05, 0.1) is 29.2 Å². The molecule has 0 saturated carbocycles. The normalized spacial score (nSPS) is 10.1. The quantitative estimate of drug-likeness (QED) is 0.419. The third-order valence-corrected chi connectivity index (χ3v) is 2.46. The van der Waals surface area contributed by atoms with E-state index in [2.05, 4.69) is 0 Å². The molecule has 0 fully saturated rings. The molecule has 0 spiro atoms. The van der Waals surface area contributed by atoms with Gasteiger partial charge in [-0.2, -0.15) is 31.6 Å². The lowest BCUT2D eigenvalue weighted by Gasteiger charge is -2.17. The Kier molecular flexibility index (Phi) is 6.91. The van der Waals surface area contributed by atoms with Gasteiger partial charge in [-0.3, -0.25) is 11.7 Å². The minimum absolute atomic E-state index is 0.563. The van der Waals surface area contributed by atoms with Gasteiger partial charge in [-0.25, -0.2) is 0 Å². The maximum Gasteiger partial charge on any atom is 0.136 e. The molecule has 0 aromatic heterocycles. The molecule has 8 heteroatoms. The zero-order chi connectivity index (χ0) is 17.1. The van der Waals surface area contributed by atoms with Crippen molar-refractivity contribution in [2.45, 2.75) is 0 Å². The fourth-order valence-electron chi connectivity index (χ4n) is 1.50. The molecule has 0 N–H and O–H groups in total. The molecule has 0 aliphatic rings. The van der Waals surface area contributed by atoms with Gasteiger partial charge in [0.15, 0.2) is 0 Å². The second-order valence-electron chi connectivity index (χ2n) is 3.46. The van der Waals surface area contributed by atoms with E-state index < -0.39 is 34.1 Å². The van der Waals surface area contributed by atoms with Crippen LogP contribution in [0, 0.1) is 79.8 Å². The predicted molar refractivity (Wildman–Crippen MR) is 71.4 cm³/mol. The van der Waals surface area contributed by atoms with E-state index in [9.17, 15) is 5.26 Å². The Morgan fingerprint density at radius 2 is 1.23 bits per heavy atom. The molecule has 0 rings (SSSR count). The number of hydrogen-bond donors (Lipinski definition) is 0. The maximum atomic E-state index is 9.20. The first kappa shape index (κ1) is 17.6. The summed E-state index contributed by atoms with van der Waals surface area (Å²) in [6, 6.07) is 8.85. The summed E-state index contributed by atoms with van der Waals surface area (Å²) in [5, 5.41) is 71.5. The molecule has 0 saturated heterocycles. The topological polar surface area (TPSA) is 187 Å². The van der Waals surface area contributed by atoms with Gasteiger partial charge in [0, 0.05) is 5.57 Å². The maximum absolute atomic E-state index is 9.20. The van der Waals surface area contributed by atoms with Gasteiger partial charge in [0.2, 0.25) is 0 Å². The molecule has 100 valence electrons. The summed E-state index contributed by atoms with van der Waals surface area (Å²) in [7, 11) is 0. The van der Waals surface area contributed by atoms with Crippen molar-refractivity contribution in [2.24, 2.45) is 11.8 Å². The van der Waals surface area contributed by atoms with Crippen LogP contribution in [-0.4, -0.2) is 11.7 Å². The molecular formula is C14H2N8-2. The van der Waals surface area contributed by atoms with Crippen LogP contribution >= 0.6 is 0 Å². The number of hydrogen-bond acceptors (Lipinski definition) is 6. The van der Waals surface area contributed by atoms with Crippen molar-refractivity contribution in [3.8, 4) is 36.4 Å². The zero-order valence-electron chi connectivity index (χ0n) is 10.7. The van der Waals surface area contributed by atoms with Gasteiger partial charge in [0.25, 0.3) is 0 Å². The smallest absolute Gasteiger partial charge is 0.136 e. The van der Waals surface area contributed by atoms with Gasteiger partial charge in [-0.1, -0.05) is 0 Å². The molecule has 0 heterocycles. The summed E-state index contributed by atoms with van der Waals surface area (Å²) in [5.74, 6) is -0.388. The van der Waals surface area contributed by atoms with Crippen LogP contribution < -0.4 is 0 Å². The minimum Gasteiger partial charge on any atom is -0.762 e. The van der Waals surface area contributed by atoms with Crippen LogP contribution in [0.4, 0.5) is 0 Å². The second kappa shape index (κ2) is 8.64. The van der Waals surface area contributed by atoms with Crippen molar-refractivity contribution < 1.29 is 0 Å². The van der Waals surface area contributed by atoms with E-state index in [4.69, 9.17) is 37.1 Å². The van der Waals surface area contributed by atoms with E-state index in [0.29, 0.717) is 0 Å². The third-order valence-electron chi connectivity index (χ3n) is 2.46. The summed E-state index contributed by atoms with van der Waals surface area (Å²) in [6.45, 7) is 0. The molecule has 0 aromatic rings. The molecular weight excluding hydrogens is 280 g/mol. The molecule has 22 heavy (non-hydrogen) atoms. The van der Waals surface area contributed by atoms with E-state index >= 15 is 0 Å². The molecule has 2 atom stereocenters. The molecule has 2 unspecified atom stereocenters. The molecule has 0 aromatic carbocycles. The fraction of sp³-hybridized carbons (Fsp3) is 0.143. The summed E-state index contributed by atoms with van der Waals surface area (Å²) < 4.78 is 0. The molecule has 0 bridgehead atoms. The van der Waals surface area contributed by atoms with Crippen LogP contribution in [0.15, 0.2) is 22.3 Å². The first-order chi connectivity index (χ1) is 10.6. The Balaban J connectivity index is 6.74. The number of nitrogens with zero attached hydrogens (tertiary/aromatic N) is 8. The van der Waals surface area contributed by atoms with Crippen molar-refractivity contribution in [3.05, 3.63) is 33.1 Å². The average molecular weight is 282 g/mol. The highest BCUT2D eigenvalue weighted by Gasteiger charge is 2.32. The Morgan fingerprint density at radius 1 is 0.682 bits per heavy atom. The largest absolute Gasteiger partial charge is 0.762 e. The van der Waals surface area contributed by atoms with Crippen molar-refractivity contribution in [1.29, 1.82) is 31.6 Å². The molecule has 0 amide bonds. The van der Waals surface area contributed by atoms with Gasteiger partial charge in [-0.15, -0.1) is 0 Å². The Bertz CT molecular complexity index is 850. The monoisotopic (exact) mass is 282 g/mol. The predicted octanol–water partition coefficient (Wildman–Crippen LogP) is 0.988.